The van der Waals surface area contributed by atoms with E-state index in [1.165, 1.54) is 0 Å². The van der Waals surface area contributed by atoms with Crippen LogP contribution in [0.3, 0.4) is 0 Å². The van der Waals surface area contributed by atoms with Crippen LogP contribution in [-0.2, 0) is 0 Å². The van der Waals surface area contributed by atoms with Crippen LogP contribution in [0, 0.1) is 0 Å². The van der Waals surface area contributed by atoms with Crippen LogP contribution < -0.4 is 11.1 Å². The van der Waals surface area contributed by atoms with E-state index in [0.29, 0.717) is 13.0 Å². The van der Waals surface area contributed by atoms with Crippen LogP contribution in [-0.4, -0.2) is 42.6 Å². The Morgan fingerprint density at radius 1 is 1.09 bits per heavy atom. The Morgan fingerprint density at radius 3 is 2.36 bits per heavy atom. The molecule has 0 heterocycles. The van der Waals surface area contributed by atoms with E-state index in [2.05, 4.69) is 5.32 Å². The van der Waals surface area contributed by atoms with E-state index < -0.39 is 0 Å². The van der Waals surface area contributed by atoms with Gasteiger partial charge in [-0.1, -0.05) is 0 Å². The first-order valence-electron chi connectivity index (χ1n) is 3.99. The molecule has 5 N–H and O–H groups in total. The molecule has 1 atom stereocenters. The molecule has 0 aromatic rings. The Kier molecular flexibility index (Phi) is 7.83. The van der Waals surface area contributed by atoms with E-state index in [1.54, 1.807) is 0 Å². The van der Waals surface area contributed by atoms with Gasteiger partial charge in [0.05, 0.1) is 6.61 Å². The fraction of sp³-hybridized carbons (Fsp3) is 1.00. The first kappa shape index (κ1) is 10.8. The molecule has 0 bridgehead atoms. The van der Waals surface area contributed by atoms with Crippen molar-refractivity contribution in [1.29, 1.82) is 0 Å². The molecule has 0 fully saturated rings. The predicted octanol–water partition coefficient (Wildman–Crippen LogP) is -1.33. The van der Waals surface area contributed by atoms with Crippen molar-refractivity contribution in [3.8, 4) is 0 Å². The highest BCUT2D eigenvalue weighted by Gasteiger charge is 1.99. The van der Waals surface area contributed by atoms with Crippen LogP contribution in [0.1, 0.15) is 12.8 Å². The van der Waals surface area contributed by atoms with Gasteiger partial charge in [-0.25, -0.2) is 0 Å². The maximum Gasteiger partial charge on any atom is 0.0555 e. The summed E-state index contributed by atoms with van der Waals surface area (Å²) >= 11 is 0. The zero-order valence-electron chi connectivity index (χ0n) is 6.79. The molecular weight excluding hydrogens is 144 g/mol. The third-order valence-corrected chi connectivity index (χ3v) is 1.48. The number of rotatable bonds is 7. The van der Waals surface area contributed by atoms with Crippen LogP contribution in [0.25, 0.3) is 0 Å². The Bertz CT molecular complexity index is 80.8. The van der Waals surface area contributed by atoms with Crippen LogP contribution >= 0.6 is 0 Å². The Labute approximate surface area is 67.4 Å². The minimum Gasteiger partial charge on any atom is -0.396 e. The van der Waals surface area contributed by atoms with Crippen LogP contribution in [0.4, 0.5) is 0 Å². The lowest BCUT2D eigenvalue weighted by Gasteiger charge is -2.09. The number of aliphatic hydroxyl groups is 2. The molecule has 0 rings (SSSR count). The maximum absolute atomic E-state index is 8.50. The van der Waals surface area contributed by atoms with Crippen molar-refractivity contribution in [2.75, 3.05) is 26.3 Å². The normalized spacial score (nSPS) is 13.4. The molecule has 0 aromatic heterocycles. The van der Waals surface area contributed by atoms with E-state index in [9.17, 15) is 0 Å². The molecule has 0 saturated heterocycles. The van der Waals surface area contributed by atoms with Gasteiger partial charge in [-0.3, -0.25) is 0 Å². The summed E-state index contributed by atoms with van der Waals surface area (Å²) in [6.07, 6.45) is 1.50. The lowest BCUT2D eigenvalue weighted by atomic mass is 10.1. The quantitative estimate of drug-likeness (QED) is 0.350. The lowest BCUT2D eigenvalue weighted by molar-refractivity contribution is 0.269. The lowest BCUT2D eigenvalue weighted by Crippen LogP contribution is -2.28. The second kappa shape index (κ2) is 7.94. The molecule has 0 aromatic carbocycles. The van der Waals surface area contributed by atoms with Gasteiger partial charge < -0.3 is 21.3 Å². The van der Waals surface area contributed by atoms with E-state index in [1.807, 2.05) is 0 Å². The van der Waals surface area contributed by atoms with Gasteiger partial charge in [0, 0.05) is 19.2 Å². The minimum atomic E-state index is 0.0752. The maximum atomic E-state index is 8.50. The number of nitrogens with one attached hydrogen (secondary N) is 1. The summed E-state index contributed by atoms with van der Waals surface area (Å²) in [5.41, 5.74) is 5.60. The Morgan fingerprint density at radius 2 is 1.82 bits per heavy atom. The monoisotopic (exact) mass is 162 g/mol. The number of aliphatic hydroxyl groups excluding tert-OH is 2. The third-order valence-electron chi connectivity index (χ3n) is 1.48. The van der Waals surface area contributed by atoms with Crippen molar-refractivity contribution < 1.29 is 10.2 Å². The molecule has 0 saturated carbocycles. The second-order valence-electron chi connectivity index (χ2n) is 2.53. The van der Waals surface area contributed by atoms with Crippen molar-refractivity contribution in [2.24, 2.45) is 5.73 Å². The average molecular weight is 162 g/mol. The van der Waals surface area contributed by atoms with Gasteiger partial charge in [0.2, 0.25) is 0 Å². The molecule has 0 aliphatic rings. The van der Waals surface area contributed by atoms with Crippen molar-refractivity contribution in [3.63, 3.8) is 0 Å². The summed E-state index contributed by atoms with van der Waals surface area (Å²) in [7, 11) is 0. The standard InChI is InChI=1S/C7H18N2O2/c8-7(2-5-10)1-3-9-4-6-11/h7,9-11H,1-6,8H2. The van der Waals surface area contributed by atoms with Crippen molar-refractivity contribution in [1.82, 2.24) is 5.32 Å². The van der Waals surface area contributed by atoms with Gasteiger partial charge in [-0.15, -0.1) is 0 Å². The molecule has 0 amide bonds. The van der Waals surface area contributed by atoms with Gasteiger partial charge in [0.1, 0.15) is 0 Å². The SMILES string of the molecule is NC(CCO)CCNCCO. The summed E-state index contributed by atoms with van der Waals surface area (Å²) in [4.78, 5) is 0. The number of hydrogen-bond acceptors (Lipinski definition) is 4. The van der Waals surface area contributed by atoms with Crippen LogP contribution in [0.2, 0.25) is 0 Å². The second-order valence-corrected chi connectivity index (χ2v) is 2.53. The summed E-state index contributed by atoms with van der Waals surface area (Å²) < 4.78 is 0. The van der Waals surface area contributed by atoms with Crippen molar-refractivity contribution in [2.45, 2.75) is 18.9 Å². The zero-order valence-corrected chi connectivity index (χ0v) is 6.79. The fourth-order valence-corrected chi connectivity index (χ4v) is 0.802. The third kappa shape index (κ3) is 7.74. The zero-order chi connectivity index (χ0) is 8.53. The molecule has 0 aliphatic heterocycles. The molecule has 0 radical (unpaired) electrons. The average Bonchev–Trinajstić information content (AvgIpc) is 1.99. The summed E-state index contributed by atoms with van der Waals surface area (Å²) in [6, 6.07) is 0.0752. The van der Waals surface area contributed by atoms with Gasteiger partial charge in [-0.05, 0) is 19.4 Å². The van der Waals surface area contributed by atoms with E-state index in [4.69, 9.17) is 15.9 Å². The Balaban J connectivity index is 2.97. The van der Waals surface area contributed by atoms with Crippen molar-refractivity contribution >= 4 is 0 Å². The van der Waals surface area contributed by atoms with Crippen molar-refractivity contribution in [3.05, 3.63) is 0 Å². The number of nitrogens with two attached hydrogens (primary N) is 1. The molecular formula is C7H18N2O2. The first-order chi connectivity index (χ1) is 5.31. The molecule has 11 heavy (non-hydrogen) atoms. The predicted molar refractivity (Wildman–Crippen MR) is 44.3 cm³/mol. The van der Waals surface area contributed by atoms with Gasteiger partial charge in [0.25, 0.3) is 0 Å². The molecule has 4 nitrogen and oxygen atoms in total. The first-order valence-corrected chi connectivity index (χ1v) is 3.99. The molecule has 68 valence electrons. The highest BCUT2D eigenvalue weighted by atomic mass is 16.3. The van der Waals surface area contributed by atoms with Gasteiger partial charge in [0.15, 0.2) is 0 Å². The van der Waals surface area contributed by atoms with E-state index in [-0.39, 0.29) is 19.3 Å². The summed E-state index contributed by atoms with van der Waals surface area (Å²) in [6.45, 7) is 1.74. The highest BCUT2D eigenvalue weighted by Crippen LogP contribution is 1.90. The molecule has 4 heteroatoms. The molecule has 0 aliphatic carbocycles. The highest BCUT2D eigenvalue weighted by molar-refractivity contribution is 4.61. The number of hydrogen-bond donors (Lipinski definition) is 4. The van der Waals surface area contributed by atoms with E-state index >= 15 is 0 Å². The van der Waals surface area contributed by atoms with Crippen LogP contribution in [0.5, 0.6) is 0 Å². The fourth-order valence-electron chi connectivity index (χ4n) is 0.802. The summed E-state index contributed by atoms with van der Waals surface area (Å²) in [5.74, 6) is 0. The van der Waals surface area contributed by atoms with Gasteiger partial charge >= 0.3 is 0 Å². The van der Waals surface area contributed by atoms with E-state index in [0.717, 1.165) is 13.0 Å². The van der Waals surface area contributed by atoms with Gasteiger partial charge in [-0.2, -0.15) is 0 Å². The minimum absolute atomic E-state index is 0.0752. The Hall–Kier alpha value is -0.160. The molecule has 1 unspecified atom stereocenters. The smallest absolute Gasteiger partial charge is 0.0555 e. The van der Waals surface area contributed by atoms with Crippen LogP contribution in [0.15, 0.2) is 0 Å². The topological polar surface area (TPSA) is 78.5 Å². The molecule has 0 spiro atoms. The summed E-state index contributed by atoms with van der Waals surface area (Å²) in [5, 5.41) is 19.9. The largest absolute Gasteiger partial charge is 0.396 e.